The highest BCUT2D eigenvalue weighted by Crippen LogP contribution is 2.36. The van der Waals surface area contributed by atoms with Crippen LogP contribution < -0.4 is 10.1 Å². The number of anilines is 1. The molecule has 158 valence electrons. The van der Waals surface area contributed by atoms with Gasteiger partial charge in [0.1, 0.15) is 16.9 Å². The Morgan fingerprint density at radius 1 is 0.935 bits per heavy atom. The number of fused-ring (bicyclic) bond motifs is 3. The average molecular weight is 419 g/mol. The fraction of sp³-hybridized carbons (Fsp3) is 0.167. The first kappa shape index (κ1) is 20.4. The van der Waals surface area contributed by atoms with Gasteiger partial charge in [0, 0.05) is 23.9 Å². The minimum atomic E-state index is -0.590. The molecular weight excluding hydrogens is 398 g/mol. The van der Waals surface area contributed by atoms with Gasteiger partial charge < -0.3 is 23.9 Å². The molecule has 0 aliphatic heterocycles. The molecule has 0 aliphatic carbocycles. The lowest BCUT2D eigenvalue weighted by Crippen LogP contribution is -2.21. The number of hydrogen-bond donors (Lipinski definition) is 1. The summed E-state index contributed by atoms with van der Waals surface area (Å²) >= 11 is 0. The number of nitrogens with one attached hydrogen (secondary N) is 1. The minimum Gasteiger partial charge on any atom is -0.495 e. The number of hydrogen-bond acceptors (Lipinski definition) is 6. The summed E-state index contributed by atoms with van der Waals surface area (Å²) < 4.78 is 21.5. The van der Waals surface area contributed by atoms with Gasteiger partial charge in [0.2, 0.25) is 0 Å². The number of benzene rings is 3. The van der Waals surface area contributed by atoms with E-state index in [0.717, 1.165) is 21.9 Å². The van der Waals surface area contributed by atoms with Crippen LogP contribution in [0.15, 0.2) is 65.1 Å². The molecule has 0 spiro atoms. The minimum absolute atomic E-state index is 0.351. The summed E-state index contributed by atoms with van der Waals surface area (Å²) in [5, 5.41) is 4.55. The summed E-state index contributed by atoms with van der Waals surface area (Å²) in [4.78, 5) is 24.7. The molecule has 0 atom stereocenters. The van der Waals surface area contributed by atoms with Crippen LogP contribution in [0.4, 0.5) is 5.69 Å². The smallest absolute Gasteiger partial charge is 0.338 e. The standard InChI is InChI=1S/C24H21NO6/c1-28-13-15-6-5-7-16(10-15)24(27)30-14-23(26)25-19-12-21-18(11-22(19)29-2)17-8-3-4-9-20(17)31-21/h3-12H,13-14H2,1-2H3,(H,25,26). The number of furan rings is 1. The Hall–Kier alpha value is -3.84. The van der Waals surface area contributed by atoms with Crippen molar-refractivity contribution in [3.63, 3.8) is 0 Å². The molecule has 3 aromatic carbocycles. The van der Waals surface area contributed by atoms with E-state index in [9.17, 15) is 9.59 Å². The molecule has 0 saturated carbocycles. The number of para-hydroxylation sites is 1. The number of ether oxygens (including phenoxy) is 3. The van der Waals surface area contributed by atoms with Crippen LogP contribution in [0.2, 0.25) is 0 Å². The van der Waals surface area contributed by atoms with Crippen LogP contribution in [0.25, 0.3) is 21.9 Å². The predicted octanol–water partition coefficient (Wildman–Crippen LogP) is 4.54. The molecule has 1 heterocycles. The van der Waals surface area contributed by atoms with E-state index in [1.807, 2.05) is 36.4 Å². The maximum Gasteiger partial charge on any atom is 0.338 e. The number of amides is 1. The van der Waals surface area contributed by atoms with Gasteiger partial charge in [-0.15, -0.1) is 0 Å². The van der Waals surface area contributed by atoms with Gasteiger partial charge in [-0.25, -0.2) is 4.79 Å². The van der Waals surface area contributed by atoms with Gasteiger partial charge in [0.25, 0.3) is 5.91 Å². The molecule has 0 unspecified atom stereocenters. The van der Waals surface area contributed by atoms with Crippen molar-refractivity contribution in [2.75, 3.05) is 26.1 Å². The summed E-state index contributed by atoms with van der Waals surface area (Å²) in [6, 6.07) is 18.0. The zero-order valence-corrected chi connectivity index (χ0v) is 17.1. The van der Waals surface area contributed by atoms with E-state index in [2.05, 4.69) is 5.32 Å². The molecule has 0 fully saturated rings. The van der Waals surface area contributed by atoms with E-state index in [1.165, 1.54) is 7.11 Å². The highest BCUT2D eigenvalue weighted by atomic mass is 16.5. The monoisotopic (exact) mass is 419 g/mol. The van der Waals surface area contributed by atoms with Crippen molar-refractivity contribution in [1.82, 2.24) is 0 Å². The first-order chi connectivity index (χ1) is 15.1. The maximum atomic E-state index is 12.4. The number of methoxy groups -OCH3 is 2. The number of esters is 1. The normalized spacial score (nSPS) is 10.9. The molecule has 7 heteroatoms. The van der Waals surface area contributed by atoms with Crippen LogP contribution in [0.5, 0.6) is 5.75 Å². The third kappa shape index (κ3) is 4.36. The average Bonchev–Trinajstić information content (AvgIpc) is 3.14. The first-order valence-electron chi connectivity index (χ1n) is 9.63. The molecule has 1 amide bonds. The first-order valence-corrected chi connectivity index (χ1v) is 9.63. The largest absolute Gasteiger partial charge is 0.495 e. The Kier molecular flexibility index (Phi) is 5.86. The lowest BCUT2D eigenvalue weighted by molar-refractivity contribution is -0.119. The second kappa shape index (κ2) is 8.89. The lowest BCUT2D eigenvalue weighted by Gasteiger charge is -2.11. The van der Waals surface area contributed by atoms with Gasteiger partial charge >= 0.3 is 5.97 Å². The molecule has 7 nitrogen and oxygen atoms in total. The molecular formula is C24H21NO6. The molecule has 0 aliphatic rings. The quantitative estimate of drug-likeness (QED) is 0.443. The molecule has 31 heavy (non-hydrogen) atoms. The fourth-order valence-electron chi connectivity index (χ4n) is 3.37. The van der Waals surface area contributed by atoms with Crippen LogP contribution in [0, 0.1) is 0 Å². The summed E-state index contributed by atoms with van der Waals surface area (Å²) in [6.45, 7) is -0.0552. The lowest BCUT2D eigenvalue weighted by atomic mass is 10.1. The highest BCUT2D eigenvalue weighted by molar-refractivity contribution is 6.08. The van der Waals surface area contributed by atoms with Crippen molar-refractivity contribution < 1.29 is 28.2 Å². The predicted molar refractivity (Wildman–Crippen MR) is 116 cm³/mol. The van der Waals surface area contributed by atoms with E-state index in [-0.39, 0.29) is 0 Å². The molecule has 1 N–H and O–H groups in total. The fourth-order valence-corrected chi connectivity index (χ4v) is 3.37. The number of rotatable bonds is 7. The van der Waals surface area contributed by atoms with Crippen molar-refractivity contribution in [3.8, 4) is 5.75 Å². The molecule has 0 saturated heterocycles. The van der Waals surface area contributed by atoms with E-state index in [4.69, 9.17) is 18.6 Å². The summed E-state index contributed by atoms with van der Waals surface area (Å²) in [5.74, 6) is -0.603. The Labute approximate surface area is 178 Å². The molecule has 4 aromatic rings. The van der Waals surface area contributed by atoms with E-state index in [0.29, 0.717) is 29.2 Å². The van der Waals surface area contributed by atoms with Crippen LogP contribution in [0.3, 0.4) is 0 Å². The van der Waals surface area contributed by atoms with Gasteiger partial charge in [-0.05, 0) is 29.8 Å². The molecule has 1 aromatic heterocycles. The van der Waals surface area contributed by atoms with E-state index in [1.54, 1.807) is 31.4 Å². The Morgan fingerprint density at radius 2 is 1.77 bits per heavy atom. The van der Waals surface area contributed by atoms with Gasteiger partial charge in [0.15, 0.2) is 6.61 Å². The highest BCUT2D eigenvalue weighted by Gasteiger charge is 2.16. The second-order valence-corrected chi connectivity index (χ2v) is 6.90. The number of carbonyl (C=O) groups is 2. The zero-order chi connectivity index (χ0) is 21.8. The Morgan fingerprint density at radius 3 is 2.58 bits per heavy atom. The molecule has 0 bridgehead atoms. The van der Waals surface area contributed by atoms with Gasteiger partial charge in [0.05, 0.1) is 25.0 Å². The number of carbonyl (C=O) groups excluding carboxylic acids is 2. The summed E-state index contributed by atoms with van der Waals surface area (Å²) in [6.07, 6.45) is 0. The van der Waals surface area contributed by atoms with Crippen LogP contribution in [-0.2, 0) is 20.9 Å². The summed E-state index contributed by atoms with van der Waals surface area (Å²) in [7, 11) is 3.10. The van der Waals surface area contributed by atoms with E-state index >= 15 is 0 Å². The Bertz CT molecular complexity index is 1260. The van der Waals surface area contributed by atoms with Gasteiger partial charge in [-0.3, -0.25) is 4.79 Å². The Balaban J connectivity index is 1.47. The van der Waals surface area contributed by atoms with E-state index < -0.39 is 18.5 Å². The molecule has 4 rings (SSSR count). The van der Waals surface area contributed by atoms with Gasteiger partial charge in [-0.2, -0.15) is 0 Å². The topological polar surface area (TPSA) is 87.0 Å². The van der Waals surface area contributed by atoms with Crippen molar-refractivity contribution in [3.05, 3.63) is 71.8 Å². The third-order valence-electron chi connectivity index (χ3n) is 4.78. The van der Waals surface area contributed by atoms with Crippen LogP contribution in [0.1, 0.15) is 15.9 Å². The second-order valence-electron chi connectivity index (χ2n) is 6.90. The van der Waals surface area contributed by atoms with Gasteiger partial charge in [-0.1, -0.05) is 30.3 Å². The molecule has 0 radical (unpaired) electrons. The van der Waals surface area contributed by atoms with Crippen LogP contribution in [-0.4, -0.2) is 32.7 Å². The third-order valence-corrected chi connectivity index (χ3v) is 4.78. The van der Waals surface area contributed by atoms with Crippen molar-refractivity contribution in [2.24, 2.45) is 0 Å². The van der Waals surface area contributed by atoms with Crippen LogP contribution >= 0.6 is 0 Å². The van der Waals surface area contributed by atoms with Crippen molar-refractivity contribution >= 4 is 39.5 Å². The summed E-state index contributed by atoms with van der Waals surface area (Å²) in [5.41, 5.74) is 2.98. The van der Waals surface area contributed by atoms with Crippen molar-refractivity contribution in [2.45, 2.75) is 6.61 Å². The zero-order valence-electron chi connectivity index (χ0n) is 17.1. The maximum absolute atomic E-state index is 12.4. The van der Waals surface area contributed by atoms with Crippen molar-refractivity contribution in [1.29, 1.82) is 0 Å². The SMILES string of the molecule is COCc1cccc(C(=O)OCC(=O)Nc2cc3oc4ccccc4c3cc2OC)c1.